The predicted octanol–water partition coefficient (Wildman–Crippen LogP) is 22.1. The van der Waals surface area contributed by atoms with Gasteiger partial charge in [0.25, 0.3) is 0 Å². The van der Waals surface area contributed by atoms with E-state index in [0.29, 0.717) is 16.7 Å². The summed E-state index contributed by atoms with van der Waals surface area (Å²) in [6.45, 7) is 32.8. The summed E-state index contributed by atoms with van der Waals surface area (Å²) in [4.78, 5) is 90.8. The van der Waals surface area contributed by atoms with Gasteiger partial charge < -0.3 is 0 Å². The van der Waals surface area contributed by atoms with Gasteiger partial charge in [0.05, 0.1) is 0 Å². The zero-order valence-electron chi connectivity index (χ0n) is 53.5. The van der Waals surface area contributed by atoms with Crippen LogP contribution in [-0.2, 0) is 0 Å². The van der Waals surface area contributed by atoms with Gasteiger partial charge in [0.1, 0.15) is 56.6 Å². The van der Waals surface area contributed by atoms with Gasteiger partial charge in [-0.1, -0.05) is 312 Å². The molecule has 0 fully saturated rings. The van der Waals surface area contributed by atoms with Crippen LogP contribution in [0.3, 0.4) is 0 Å². The normalized spacial score (nSPS) is 7.95. The van der Waals surface area contributed by atoms with Crippen LogP contribution < -0.4 is 0 Å². The first-order valence-corrected chi connectivity index (χ1v) is 31.1. The molecule has 0 saturated carbocycles. The Labute approximate surface area is 567 Å². The minimum Gasteiger partial charge on any atom is -0.298 e. The van der Waals surface area contributed by atoms with Crippen molar-refractivity contribution in [3.8, 4) is 0 Å². The summed E-state index contributed by atoms with van der Waals surface area (Å²) >= 11 is 9.44. The zero-order chi connectivity index (χ0) is 70.1. The lowest BCUT2D eigenvalue weighted by molar-refractivity contribution is 0.111. The topological polar surface area (TPSA) is 154 Å². The minimum atomic E-state index is 0.692. The molecular weight excluding hydrogens is 1330 g/mol. The smallest absolute Gasteiger partial charge is 0.150 e. The molecule has 0 saturated heterocycles. The number of aryl methyl sites for hydroxylation is 2. The maximum Gasteiger partial charge on any atom is 0.150 e. The van der Waals surface area contributed by atoms with Crippen LogP contribution in [0.1, 0.15) is 145 Å². The largest absolute Gasteiger partial charge is 0.298 e. The van der Waals surface area contributed by atoms with E-state index in [1.807, 2.05) is 206 Å². The second-order valence-corrected chi connectivity index (χ2v) is 17.7. The lowest BCUT2D eigenvalue weighted by atomic mass is 10.1. The number of halogens is 3. The standard InChI is InChI=1S/C9H8O.2C8H8O.2C7H5BrO.4C7H6O.C3H6.2C2H6.2C2H4.CH3Br/c1-2-8-4-3-5-9(6-8)7-10;1-7-2-4-8(6-9)5-3-7;1-7-3-2-4-8(5-7)6-9;8-7-3-1-6(5-9)2-4-7;8-7-3-1-2-6(4-7)5-9;4*8-6-7-4-2-1-3-5-7;1-3-2;5*1-2/h2-7H,1H2;2*2-6H,1H3;2*1-5H;4*1-6H;3H,1H2,2H3;2*1-2H3;2*1-2H2;1H3. The van der Waals surface area contributed by atoms with Gasteiger partial charge in [0, 0.05) is 59.0 Å². The molecule has 0 amide bonds. The van der Waals surface area contributed by atoms with Crippen LogP contribution in [-0.4, -0.2) is 62.4 Å². The SMILES string of the molecule is C=C.C=C.C=CC.C=Cc1cccc(C=O)c1.CBr.CC.CC.Cc1ccc(C=O)cc1.Cc1cccc(C=O)c1.O=Cc1ccc(Br)cc1.O=Cc1cccc(Br)c1.O=Cc1ccccc1.O=Cc1ccccc1.O=Cc1ccccc1.O=Cc1ccccc1. The van der Waals surface area contributed by atoms with Crippen molar-refractivity contribution >= 4 is 110 Å². The molecule has 478 valence electrons. The van der Waals surface area contributed by atoms with Crippen molar-refractivity contribution in [1.29, 1.82) is 0 Å². The molecule has 0 aliphatic carbocycles. The van der Waals surface area contributed by atoms with Gasteiger partial charge >= 0.3 is 0 Å². The lowest BCUT2D eigenvalue weighted by Gasteiger charge is -1.91. The molecule has 9 nitrogen and oxygen atoms in total. The molecule has 12 heteroatoms. The van der Waals surface area contributed by atoms with E-state index in [2.05, 4.69) is 87.3 Å². The third kappa shape index (κ3) is 57.9. The number of carbonyl (C=O) groups excluding carboxylic acids is 9. The molecular formula is C79H87Br3O9. The molecule has 0 radical (unpaired) electrons. The average Bonchev–Trinajstić information content (AvgIpc) is 3.72. The molecule has 0 spiro atoms. The van der Waals surface area contributed by atoms with Crippen LogP contribution in [0, 0.1) is 13.8 Å². The summed E-state index contributed by atoms with van der Waals surface area (Å²) in [6.07, 6.45) is 11.0. The molecule has 0 N–H and O–H groups in total. The number of hydrogen-bond acceptors (Lipinski definition) is 9. The van der Waals surface area contributed by atoms with Crippen LogP contribution in [0.25, 0.3) is 6.08 Å². The number of hydrogen-bond donors (Lipinski definition) is 0. The van der Waals surface area contributed by atoms with Gasteiger partial charge in [-0.15, -0.1) is 32.9 Å². The number of benzene rings is 9. The number of aldehydes is 9. The first kappa shape index (κ1) is 92.6. The highest BCUT2D eigenvalue weighted by atomic mass is 79.9. The van der Waals surface area contributed by atoms with Gasteiger partial charge in [-0.3, -0.25) is 43.2 Å². The summed E-state index contributed by atoms with van der Waals surface area (Å²) in [5, 5.41) is 0. The number of rotatable bonds is 10. The Morgan fingerprint density at radius 1 is 0.264 bits per heavy atom. The maximum atomic E-state index is 10.2. The van der Waals surface area contributed by atoms with Gasteiger partial charge in [-0.25, -0.2) is 0 Å². The van der Waals surface area contributed by atoms with Gasteiger partial charge in [0.15, 0.2) is 0 Å². The third-order valence-corrected chi connectivity index (χ3v) is 10.4. The molecule has 0 unspecified atom stereocenters. The van der Waals surface area contributed by atoms with Crippen molar-refractivity contribution in [3.05, 3.63) is 364 Å². The van der Waals surface area contributed by atoms with Crippen molar-refractivity contribution in [2.75, 3.05) is 5.83 Å². The summed E-state index contributed by atoms with van der Waals surface area (Å²) in [5.74, 6) is 1.81. The lowest BCUT2D eigenvalue weighted by Crippen LogP contribution is -1.78. The van der Waals surface area contributed by atoms with Crippen molar-refractivity contribution in [2.24, 2.45) is 0 Å². The highest BCUT2D eigenvalue weighted by molar-refractivity contribution is 9.10. The Morgan fingerprint density at radius 3 is 0.736 bits per heavy atom. The van der Waals surface area contributed by atoms with E-state index in [1.165, 1.54) is 5.56 Å². The Morgan fingerprint density at radius 2 is 0.495 bits per heavy atom. The Bertz CT molecular complexity index is 2910. The molecule has 0 aliphatic heterocycles. The summed E-state index contributed by atoms with van der Waals surface area (Å²) < 4.78 is 1.93. The molecule has 9 aromatic rings. The quantitative estimate of drug-likeness (QED) is 0.0739. The highest BCUT2D eigenvalue weighted by Crippen LogP contribution is 2.10. The van der Waals surface area contributed by atoms with Crippen molar-refractivity contribution in [1.82, 2.24) is 0 Å². The number of carbonyl (C=O) groups is 9. The molecule has 9 aromatic carbocycles. The highest BCUT2D eigenvalue weighted by Gasteiger charge is 1.91. The third-order valence-electron chi connectivity index (χ3n) is 9.41. The Kier molecular flexibility index (Phi) is 74.1. The molecule has 0 aromatic heterocycles. The van der Waals surface area contributed by atoms with E-state index in [4.69, 9.17) is 0 Å². The van der Waals surface area contributed by atoms with Gasteiger partial charge in [-0.05, 0) is 68.6 Å². The van der Waals surface area contributed by atoms with E-state index < -0.39 is 0 Å². The zero-order valence-corrected chi connectivity index (χ0v) is 58.3. The second kappa shape index (κ2) is 72.9. The molecule has 0 aliphatic rings. The summed E-state index contributed by atoms with van der Waals surface area (Å²) in [5.41, 5.74) is 9.78. The van der Waals surface area contributed by atoms with Crippen molar-refractivity contribution in [3.63, 3.8) is 0 Å². The Hall–Kier alpha value is -9.59. The predicted molar refractivity (Wildman–Crippen MR) is 397 cm³/mol. The van der Waals surface area contributed by atoms with E-state index in [-0.39, 0.29) is 0 Å². The van der Waals surface area contributed by atoms with E-state index in [1.54, 1.807) is 103 Å². The second-order valence-electron chi connectivity index (χ2n) is 15.9. The fourth-order valence-corrected chi connectivity index (χ4v) is 6.08. The van der Waals surface area contributed by atoms with E-state index in [9.17, 15) is 43.2 Å². The van der Waals surface area contributed by atoms with Crippen LogP contribution in [0.15, 0.2) is 297 Å². The monoisotopic (exact) mass is 1420 g/mol. The molecule has 0 atom stereocenters. The minimum absolute atomic E-state index is 0.692. The van der Waals surface area contributed by atoms with Crippen LogP contribution in [0.4, 0.5) is 0 Å². The molecule has 0 heterocycles. The van der Waals surface area contributed by atoms with E-state index >= 15 is 0 Å². The fourth-order valence-electron chi connectivity index (χ4n) is 5.40. The summed E-state index contributed by atoms with van der Waals surface area (Å²) in [6, 6.07) is 73.1. The van der Waals surface area contributed by atoms with Crippen LogP contribution in [0.5, 0.6) is 0 Å². The fraction of sp³-hybridized carbons (Fsp3) is 0.101. The van der Waals surface area contributed by atoms with Crippen molar-refractivity contribution < 1.29 is 43.2 Å². The Balaban J connectivity index is -0.000000218. The van der Waals surface area contributed by atoms with Gasteiger partial charge in [-0.2, -0.15) is 0 Å². The summed E-state index contributed by atoms with van der Waals surface area (Å²) in [7, 11) is 0. The van der Waals surface area contributed by atoms with Crippen molar-refractivity contribution in [2.45, 2.75) is 48.5 Å². The van der Waals surface area contributed by atoms with Crippen LogP contribution in [0.2, 0.25) is 0 Å². The molecule has 9 rings (SSSR count). The number of allylic oxidation sites excluding steroid dienone is 1. The molecule has 91 heavy (non-hydrogen) atoms. The van der Waals surface area contributed by atoms with Gasteiger partial charge in [0.2, 0.25) is 0 Å². The molecule has 0 bridgehead atoms. The van der Waals surface area contributed by atoms with Crippen LogP contribution >= 0.6 is 47.8 Å². The first-order valence-electron chi connectivity index (χ1n) is 27.9. The first-order chi connectivity index (χ1) is 44.3. The number of alkyl halides is 1. The average molecular weight is 1420 g/mol. The maximum absolute atomic E-state index is 10.2. The van der Waals surface area contributed by atoms with E-state index in [0.717, 1.165) is 110 Å².